The highest BCUT2D eigenvalue weighted by Crippen LogP contribution is 2.36. The largest absolute Gasteiger partial charge is 0.466 e. The number of hydrogen-bond donors (Lipinski definition) is 1. The first-order chi connectivity index (χ1) is 29.4. The van der Waals surface area contributed by atoms with Gasteiger partial charge in [-0.3, -0.25) is 4.79 Å². The Labute approximate surface area is 376 Å². The molecule has 1 aliphatic rings. The molecule has 0 aromatic carbocycles. The SMILES string of the molecule is COCCOCCNC(=O)OCCC1COC(CCCCCCCCOCCCC(CCC(C)C)C(C)C)(CCCCCCCCOC(=O)CCC(CCC(C)C)C(C)C)O1. The molecule has 0 saturated carbocycles. The average Bonchev–Trinajstić information content (AvgIpc) is 3.61. The normalized spacial score (nSPS) is 17.8. The number of carbonyl (C=O) groups excluding carboxylic acids is 2. The molecule has 10 nitrogen and oxygen atoms in total. The van der Waals surface area contributed by atoms with Crippen LogP contribution in [0.25, 0.3) is 0 Å². The van der Waals surface area contributed by atoms with E-state index in [0.29, 0.717) is 70.2 Å². The number of alkyl carbamates (subject to hydrolysis) is 1. The van der Waals surface area contributed by atoms with Crippen LogP contribution < -0.4 is 5.32 Å². The van der Waals surface area contributed by atoms with Crippen molar-refractivity contribution in [1.82, 2.24) is 5.32 Å². The van der Waals surface area contributed by atoms with E-state index in [1.807, 2.05) is 0 Å². The fraction of sp³-hybridized carbons (Fsp3) is 0.961. The van der Waals surface area contributed by atoms with E-state index in [0.717, 1.165) is 102 Å². The molecule has 1 fully saturated rings. The third-order valence-electron chi connectivity index (χ3n) is 12.5. The Morgan fingerprint density at radius 2 is 1.11 bits per heavy atom. The van der Waals surface area contributed by atoms with Crippen molar-refractivity contribution in [2.24, 2.45) is 35.5 Å². The monoisotopic (exact) mass is 870 g/mol. The molecule has 362 valence electrons. The van der Waals surface area contributed by atoms with E-state index in [1.165, 1.54) is 64.2 Å². The molecule has 1 heterocycles. The summed E-state index contributed by atoms with van der Waals surface area (Å²) in [4.78, 5) is 24.5. The van der Waals surface area contributed by atoms with Gasteiger partial charge in [0.25, 0.3) is 0 Å². The molecule has 4 unspecified atom stereocenters. The Bertz CT molecular complexity index is 1020. The number of hydrogen-bond acceptors (Lipinski definition) is 9. The summed E-state index contributed by atoms with van der Waals surface area (Å²) < 4.78 is 40.5. The van der Waals surface area contributed by atoms with Gasteiger partial charge in [-0.05, 0) is 93.3 Å². The minimum atomic E-state index is -0.554. The van der Waals surface area contributed by atoms with Gasteiger partial charge in [0.2, 0.25) is 0 Å². The van der Waals surface area contributed by atoms with Gasteiger partial charge in [-0.1, -0.05) is 120 Å². The first-order valence-corrected chi connectivity index (χ1v) is 25.4. The Balaban J connectivity index is 2.37. The second-order valence-electron chi connectivity index (χ2n) is 19.6. The Hall–Kier alpha value is -1.46. The van der Waals surface area contributed by atoms with E-state index in [1.54, 1.807) is 7.11 Å². The topological polar surface area (TPSA) is 111 Å². The maximum atomic E-state index is 12.4. The van der Waals surface area contributed by atoms with E-state index >= 15 is 0 Å². The standard InChI is InChI=1S/C51H99NO9/c1-42(2)24-26-46(44(5)6)23-22-35-56-34-20-16-12-10-14-18-31-51(60-41-48(61-51)30-37-59-50(54)52-33-38-57-40-39-55-9)32-19-15-11-13-17-21-36-58-49(53)29-28-47(45(7)8)27-25-43(3)4/h42-48H,10-41H2,1-9H3,(H,52,54). The predicted octanol–water partition coefficient (Wildman–Crippen LogP) is 12.9. The summed E-state index contributed by atoms with van der Waals surface area (Å²) in [6.45, 7) is 23.4. The van der Waals surface area contributed by atoms with E-state index in [2.05, 4.69) is 60.7 Å². The van der Waals surface area contributed by atoms with Crippen molar-refractivity contribution in [2.75, 3.05) is 66.5 Å². The lowest BCUT2D eigenvalue weighted by Crippen LogP contribution is -2.32. The van der Waals surface area contributed by atoms with Crippen molar-refractivity contribution in [3.8, 4) is 0 Å². The molecule has 0 bridgehead atoms. The molecule has 0 aromatic rings. The van der Waals surface area contributed by atoms with Gasteiger partial charge in [0.15, 0.2) is 5.79 Å². The molecule has 1 aliphatic heterocycles. The Morgan fingerprint density at radius 1 is 0.574 bits per heavy atom. The lowest BCUT2D eigenvalue weighted by Gasteiger charge is -2.28. The molecule has 61 heavy (non-hydrogen) atoms. The van der Waals surface area contributed by atoms with Crippen LogP contribution in [0.2, 0.25) is 0 Å². The number of nitrogens with one attached hydrogen (secondary N) is 1. The van der Waals surface area contributed by atoms with Crippen molar-refractivity contribution in [3.63, 3.8) is 0 Å². The average molecular weight is 870 g/mol. The van der Waals surface area contributed by atoms with Crippen molar-refractivity contribution in [1.29, 1.82) is 0 Å². The van der Waals surface area contributed by atoms with Crippen LogP contribution in [0.1, 0.15) is 203 Å². The van der Waals surface area contributed by atoms with Gasteiger partial charge >= 0.3 is 12.1 Å². The smallest absolute Gasteiger partial charge is 0.407 e. The number of amides is 1. The number of methoxy groups -OCH3 is 1. The van der Waals surface area contributed by atoms with Gasteiger partial charge in [-0.2, -0.15) is 0 Å². The zero-order valence-electron chi connectivity index (χ0n) is 41.3. The summed E-state index contributed by atoms with van der Waals surface area (Å²) in [6.07, 6.45) is 24.4. The molecule has 4 atom stereocenters. The number of esters is 1. The zero-order valence-corrected chi connectivity index (χ0v) is 41.3. The highest BCUT2D eigenvalue weighted by Gasteiger charge is 2.40. The number of rotatable bonds is 42. The molecule has 0 aliphatic carbocycles. The van der Waals surface area contributed by atoms with Crippen LogP contribution in [-0.2, 0) is 38.0 Å². The summed E-state index contributed by atoms with van der Waals surface area (Å²) in [5.74, 6) is 3.68. The Kier molecular flexibility index (Phi) is 35.7. The summed E-state index contributed by atoms with van der Waals surface area (Å²) in [5, 5.41) is 2.73. The third kappa shape index (κ3) is 32.8. The Morgan fingerprint density at radius 3 is 1.70 bits per heavy atom. The predicted molar refractivity (Wildman–Crippen MR) is 250 cm³/mol. The van der Waals surface area contributed by atoms with Crippen LogP contribution in [0.3, 0.4) is 0 Å². The fourth-order valence-corrected chi connectivity index (χ4v) is 8.29. The molecule has 10 heteroatoms. The lowest BCUT2D eigenvalue weighted by atomic mass is 9.85. The van der Waals surface area contributed by atoms with Crippen LogP contribution in [0, 0.1) is 35.5 Å². The highest BCUT2D eigenvalue weighted by atomic mass is 16.7. The molecule has 0 radical (unpaired) electrons. The number of carbonyl (C=O) groups is 2. The molecule has 1 amide bonds. The summed E-state index contributed by atoms with van der Waals surface area (Å²) in [5.41, 5.74) is 0. The van der Waals surface area contributed by atoms with E-state index in [4.69, 9.17) is 33.2 Å². The maximum Gasteiger partial charge on any atom is 0.407 e. The first kappa shape index (κ1) is 57.6. The van der Waals surface area contributed by atoms with Gasteiger partial charge in [0.05, 0.1) is 45.7 Å². The second kappa shape index (κ2) is 37.9. The lowest BCUT2D eigenvalue weighted by molar-refractivity contribution is -0.180. The second-order valence-corrected chi connectivity index (χ2v) is 19.6. The van der Waals surface area contributed by atoms with Crippen LogP contribution in [0.4, 0.5) is 4.79 Å². The van der Waals surface area contributed by atoms with E-state index < -0.39 is 11.9 Å². The maximum absolute atomic E-state index is 12.4. The summed E-state index contributed by atoms with van der Waals surface area (Å²) >= 11 is 0. The minimum absolute atomic E-state index is 0.0389. The molecule has 1 rings (SSSR count). The van der Waals surface area contributed by atoms with E-state index in [-0.39, 0.29) is 18.7 Å². The van der Waals surface area contributed by atoms with Gasteiger partial charge < -0.3 is 38.5 Å². The molecule has 1 saturated heterocycles. The highest BCUT2D eigenvalue weighted by molar-refractivity contribution is 5.69. The van der Waals surface area contributed by atoms with Crippen molar-refractivity contribution in [2.45, 2.75) is 215 Å². The van der Waals surface area contributed by atoms with E-state index in [9.17, 15) is 9.59 Å². The minimum Gasteiger partial charge on any atom is -0.466 e. The van der Waals surface area contributed by atoms with Crippen LogP contribution >= 0.6 is 0 Å². The van der Waals surface area contributed by atoms with Crippen LogP contribution in [0.15, 0.2) is 0 Å². The molecular weight excluding hydrogens is 771 g/mol. The zero-order chi connectivity index (χ0) is 45.0. The van der Waals surface area contributed by atoms with Gasteiger partial charge in [0.1, 0.15) is 0 Å². The fourth-order valence-electron chi connectivity index (χ4n) is 8.29. The third-order valence-corrected chi connectivity index (χ3v) is 12.5. The molecule has 1 N–H and O–H groups in total. The quantitative estimate of drug-likeness (QED) is 0.0473. The molecular formula is C51H99NO9. The van der Waals surface area contributed by atoms with Gasteiger partial charge in [-0.25, -0.2) is 4.79 Å². The number of ether oxygens (including phenoxy) is 7. The van der Waals surface area contributed by atoms with Gasteiger partial charge in [-0.15, -0.1) is 0 Å². The summed E-state index contributed by atoms with van der Waals surface area (Å²) in [6, 6.07) is 0. The molecule has 0 spiro atoms. The van der Waals surface area contributed by atoms with Crippen LogP contribution in [-0.4, -0.2) is 90.5 Å². The summed E-state index contributed by atoms with van der Waals surface area (Å²) in [7, 11) is 1.63. The first-order valence-electron chi connectivity index (χ1n) is 25.4. The number of unbranched alkanes of at least 4 members (excludes halogenated alkanes) is 10. The van der Waals surface area contributed by atoms with Crippen molar-refractivity contribution < 1.29 is 42.7 Å². The van der Waals surface area contributed by atoms with Crippen LogP contribution in [0.5, 0.6) is 0 Å². The van der Waals surface area contributed by atoms with Crippen molar-refractivity contribution in [3.05, 3.63) is 0 Å². The van der Waals surface area contributed by atoms with Gasteiger partial charge in [0, 0.05) is 52.6 Å². The molecule has 0 aromatic heterocycles. The van der Waals surface area contributed by atoms with Crippen molar-refractivity contribution >= 4 is 12.1 Å².